The Morgan fingerprint density at radius 2 is 1.20 bits per heavy atom. The minimum absolute atomic E-state index is 0.226. The van der Waals surface area contributed by atoms with Crippen molar-refractivity contribution in [1.29, 1.82) is 0 Å². The number of anilines is 2. The van der Waals surface area contributed by atoms with Gasteiger partial charge in [-0.2, -0.15) is 5.06 Å². The maximum Gasteiger partial charge on any atom is 0.534 e. The lowest BCUT2D eigenvalue weighted by molar-refractivity contribution is -0.128. The Kier molecular flexibility index (Phi) is 12.1. The number of fused-ring (bicyclic) bond motifs is 2. The van der Waals surface area contributed by atoms with Crippen molar-refractivity contribution in [3.05, 3.63) is 130 Å². The van der Waals surface area contributed by atoms with Gasteiger partial charge in [-0.1, -0.05) is 84.9 Å². The zero-order valence-electron chi connectivity index (χ0n) is 31.5. The van der Waals surface area contributed by atoms with E-state index in [0.29, 0.717) is 29.3 Å². The van der Waals surface area contributed by atoms with Crippen LogP contribution in [0.5, 0.6) is 0 Å². The first-order valence-electron chi connectivity index (χ1n) is 17.8. The Hall–Kier alpha value is -5.72. The van der Waals surface area contributed by atoms with E-state index in [1.165, 1.54) is 5.56 Å². The molecule has 0 bridgehead atoms. The molecule has 0 saturated heterocycles. The molecule has 0 unspecified atom stereocenters. The molecule has 0 aromatic heterocycles. The number of hydrogen-bond acceptors (Lipinski definition) is 9. The third kappa shape index (κ3) is 10.7. The van der Waals surface area contributed by atoms with Gasteiger partial charge in [0.05, 0.1) is 17.4 Å². The molecule has 0 spiro atoms. The van der Waals surface area contributed by atoms with Crippen LogP contribution in [-0.4, -0.2) is 52.6 Å². The molecule has 12 heteroatoms. The van der Waals surface area contributed by atoms with Crippen molar-refractivity contribution in [2.24, 2.45) is 5.73 Å². The monoisotopic (exact) mass is 736 g/mol. The van der Waals surface area contributed by atoms with E-state index in [-0.39, 0.29) is 6.42 Å². The lowest BCUT2D eigenvalue weighted by Gasteiger charge is -2.33. The molecule has 4 N–H and O–H groups in total. The molecule has 6 rings (SSSR count). The van der Waals surface area contributed by atoms with E-state index >= 15 is 0 Å². The summed E-state index contributed by atoms with van der Waals surface area (Å²) >= 11 is 0. The normalized spacial score (nSPS) is 16.7. The predicted octanol–water partition coefficient (Wildman–Crippen LogP) is 6.81. The fourth-order valence-electron chi connectivity index (χ4n) is 6.06. The van der Waals surface area contributed by atoms with Crippen LogP contribution in [0.25, 0.3) is 0 Å². The quantitative estimate of drug-likeness (QED) is 0.143. The summed E-state index contributed by atoms with van der Waals surface area (Å²) < 4.78 is 10.5. The number of rotatable bonds is 6. The fraction of sp³-hybridized carbons (Fsp3) is 0.333. The minimum Gasteiger partial charge on any atom is -0.444 e. The number of hydrogen-bond donors (Lipinski definition) is 3. The molecular weight excluding hydrogens is 688 g/mol. The number of ether oxygens (including phenoxy) is 2. The Balaban J connectivity index is 0.000000237. The van der Waals surface area contributed by atoms with Gasteiger partial charge in [-0.25, -0.2) is 9.59 Å². The van der Waals surface area contributed by atoms with Gasteiger partial charge in [0.2, 0.25) is 0 Å². The van der Waals surface area contributed by atoms with Crippen molar-refractivity contribution in [3.8, 4) is 0 Å². The average molecular weight is 737 g/mol. The second-order valence-electron chi connectivity index (χ2n) is 15.3. The Morgan fingerprint density at radius 3 is 1.72 bits per heavy atom. The summed E-state index contributed by atoms with van der Waals surface area (Å²) in [4.78, 5) is 54.8. The summed E-state index contributed by atoms with van der Waals surface area (Å²) in [5.41, 5.74) is 11.4. The first-order valence-corrected chi connectivity index (χ1v) is 17.8. The lowest BCUT2D eigenvalue weighted by atomic mass is 9.94. The van der Waals surface area contributed by atoms with Gasteiger partial charge in [-0.05, 0) is 106 Å². The number of nitrogens with zero attached hydrogens (tertiary/aromatic N) is 2. The highest BCUT2D eigenvalue weighted by Gasteiger charge is 2.38. The summed E-state index contributed by atoms with van der Waals surface area (Å²) in [6, 6.07) is 29.8. The molecule has 0 radical (unpaired) electrons. The van der Waals surface area contributed by atoms with Gasteiger partial charge < -0.3 is 20.5 Å². The van der Waals surface area contributed by atoms with Crippen molar-refractivity contribution >= 4 is 35.4 Å². The summed E-state index contributed by atoms with van der Waals surface area (Å²) in [5, 5.41) is 13.9. The number of benzene rings is 4. The third-order valence-electron chi connectivity index (χ3n) is 8.37. The van der Waals surface area contributed by atoms with Crippen molar-refractivity contribution in [2.45, 2.75) is 90.5 Å². The zero-order chi connectivity index (χ0) is 39.2. The van der Waals surface area contributed by atoms with Crippen LogP contribution >= 0.6 is 0 Å². The van der Waals surface area contributed by atoms with Gasteiger partial charge >= 0.3 is 12.2 Å². The molecule has 2 aliphatic rings. The number of amides is 3. The molecule has 3 amide bonds. The van der Waals surface area contributed by atoms with Gasteiger partial charge in [0.1, 0.15) is 17.2 Å². The molecule has 4 aromatic rings. The van der Waals surface area contributed by atoms with E-state index in [4.69, 9.17) is 20.0 Å². The number of carbonyl (C=O) groups excluding carboxylic acids is 4. The molecule has 0 saturated carbocycles. The lowest BCUT2D eigenvalue weighted by Crippen LogP contribution is -2.54. The van der Waals surface area contributed by atoms with Gasteiger partial charge in [0.25, 0.3) is 11.8 Å². The van der Waals surface area contributed by atoms with Gasteiger partial charge in [0, 0.05) is 6.42 Å². The molecular formula is C42H48N4O8. The minimum atomic E-state index is -1.02. The molecule has 2 atom stereocenters. The Labute approximate surface area is 315 Å². The van der Waals surface area contributed by atoms with Crippen LogP contribution in [0.3, 0.4) is 0 Å². The summed E-state index contributed by atoms with van der Waals surface area (Å²) in [7, 11) is 0. The smallest absolute Gasteiger partial charge is 0.444 e. The van der Waals surface area contributed by atoms with Crippen LogP contribution in [0.4, 0.5) is 21.0 Å². The maximum atomic E-state index is 13.2. The summed E-state index contributed by atoms with van der Waals surface area (Å²) in [6.45, 7) is 10.3. The summed E-state index contributed by atoms with van der Waals surface area (Å²) in [6.07, 6.45) is 0.463. The first-order chi connectivity index (χ1) is 25.5. The Morgan fingerprint density at radius 1 is 0.704 bits per heavy atom. The van der Waals surface area contributed by atoms with E-state index in [0.717, 1.165) is 39.3 Å². The van der Waals surface area contributed by atoms with Crippen LogP contribution in [0.15, 0.2) is 97.1 Å². The molecule has 12 nitrogen and oxygen atoms in total. The Bertz CT molecular complexity index is 1970. The number of alkyl carbamates (subject to hydrolysis) is 1. The van der Waals surface area contributed by atoms with Crippen molar-refractivity contribution < 1.29 is 38.7 Å². The first kappa shape index (κ1) is 39.5. The molecule has 4 aromatic carbocycles. The van der Waals surface area contributed by atoms with E-state index in [9.17, 15) is 24.4 Å². The number of nitrogens with two attached hydrogens (primary N) is 1. The van der Waals surface area contributed by atoms with Gasteiger partial charge in [-0.3, -0.25) is 19.6 Å². The second kappa shape index (κ2) is 16.5. The fourth-order valence-corrected chi connectivity index (χ4v) is 6.06. The number of nitrogens with one attached hydrogen (secondary N) is 1. The largest absolute Gasteiger partial charge is 0.534 e. The molecule has 54 heavy (non-hydrogen) atoms. The molecule has 0 aliphatic carbocycles. The topological polar surface area (TPSA) is 161 Å². The summed E-state index contributed by atoms with van der Waals surface area (Å²) in [5.74, 6) is -1.05. The standard InChI is InChI=1S/C26H32N2O6.C16H16N2O2/c1-25(2,3)32-23(30)27-20-16-19-15-18(14-17-10-8-7-9-11-17)12-13-21(19)28(22(20)29)34-24(31)33-26(4,5)6;17-14-10-13-9-12(8-11-4-2-1-3-5-11)6-7-15(13)18(20)16(14)19/h7-13,15,20H,14,16H2,1-6H3,(H,27,30);1-7,9,14,20H,8,10,17H2/t20-;14-/m00/s1. The number of hydroxylamine groups is 2. The van der Waals surface area contributed by atoms with E-state index in [2.05, 4.69) is 17.4 Å². The van der Waals surface area contributed by atoms with E-state index in [1.807, 2.05) is 72.8 Å². The SMILES string of the molecule is CC(C)(C)OC(=O)N[C@H]1Cc2cc(Cc3ccccc3)ccc2N(OC(=O)OC(C)(C)C)C1=O.N[C@H]1Cc2cc(Cc3ccccc3)ccc2N(O)C1=O. The van der Waals surface area contributed by atoms with E-state index in [1.54, 1.807) is 53.7 Å². The van der Waals surface area contributed by atoms with Crippen molar-refractivity contribution in [1.82, 2.24) is 5.32 Å². The van der Waals surface area contributed by atoms with Gasteiger partial charge in [-0.15, -0.1) is 5.06 Å². The highest BCUT2D eigenvalue weighted by atomic mass is 16.8. The van der Waals surface area contributed by atoms with Crippen molar-refractivity contribution in [2.75, 3.05) is 10.1 Å². The maximum absolute atomic E-state index is 13.2. The van der Waals surface area contributed by atoms with Crippen LogP contribution < -0.4 is 21.2 Å². The van der Waals surface area contributed by atoms with Crippen LogP contribution in [0.1, 0.15) is 74.9 Å². The molecule has 284 valence electrons. The molecule has 2 heterocycles. The van der Waals surface area contributed by atoms with Crippen LogP contribution in [0.2, 0.25) is 0 Å². The highest BCUT2D eigenvalue weighted by molar-refractivity contribution is 6.01. The predicted molar refractivity (Wildman–Crippen MR) is 204 cm³/mol. The average Bonchev–Trinajstić information content (AvgIpc) is 3.08. The van der Waals surface area contributed by atoms with Crippen molar-refractivity contribution in [3.63, 3.8) is 0 Å². The molecule has 0 fully saturated rings. The third-order valence-corrected chi connectivity index (χ3v) is 8.37. The van der Waals surface area contributed by atoms with Crippen LogP contribution in [-0.2, 0) is 49.6 Å². The van der Waals surface area contributed by atoms with E-state index < -0.39 is 47.3 Å². The van der Waals surface area contributed by atoms with Crippen LogP contribution in [0, 0.1) is 0 Å². The highest BCUT2D eigenvalue weighted by Crippen LogP contribution is 2.31. The second-order valence-corrected chi connectivity index (χ2v) is 15.3. The number of carbonyl (C=O) groups is 4. The zero-order valence-corrected chi connectivity index (χ0v) is 31.5. The molecule has 2 aliphatic heterocycles. The van der Waals surface area contributed by atoms with Gasteiger partial charge in [0.15, 0.2) is 0 Å².